The molecule has 0 radical (unpaired) electrons. The van der Waals surface area contributed by atoms with Crippen LogP contribution in [-0.2, 0) is 20.9 Å². The summed E-state index contributed by atoms with van der Waals surface area (Å²) in [7, 11) is -3.37. The highest BCUT2D eigenvalue weighted by molar-refractivity contribution is 7.92. The Balaban J connectivity index is 2.51. The van der Waals surface area contributed by atoms with Gasteiger partial charge in [-0.25, -0.2) is 13.2 Å². The molecule has 2 aromatic rings. The molecular weight excluding hydrogens is 347 g/mol. The molecule has 2 aromatic carbocycles. The first-order valence-corrected chi connectivity index (χ1v) is 8.01. The van der Waals surface area contributed by atoms with Crippen LogP contribution in [0.25, 0.3) is 0 Å². The van der Waals surface area contributed by atoms with Gasteiger partial charge in [-0.1, -0.05) is 24.3 Å². The third kappa shape index (κ3) is 3.67. The van der Waals surface area contributed by atoms with Crippen molar-refractivity contribution in [2.75, 3.05) is 11.8 Å². The van der Waals surface area contributed by atoms with Crippen molar-refractivity contribution in [3.8, 4) is 0 Å². The molecule has 0 fully saturated rings. The quantitative estimate of drug-likeness (QED) is 0.851. The summed E-state index contributed by atoms with van der Waals surface area (Å²) in [5.74, 6) is -0.917. The van der Waals surface area contributed by atoms with Crippen molar-refractivity contribution in [2.24, 2.45) is 0 Å². The fraction of sp³-hybridized carbons (Fsp3) is 0.133. The number of esters is 1. The Labute approximate surface area is 136 Å². The number of para-hydroxylation sites is 1. The molecule has 128 valence electrons. The van der Waals surface area contributed by atoms with Crippen molar-refractivity contribution in [1.29, 1.82) is 0 Å². The van der Waals surface area contributed by atoms with Gasteiger partial charge in [0.15, 0.2) is 0 Å². The molecule has 0 unspecified atom stereocenters. The first-order valence-electron chi connectivity index (χ1n) is 6.53. The fourth-order valence-corrected chi connectivity index (χ4v) is 3.27. The van der Waals surface area contributed by atoms with Crippen LogP contribution >= 0.6 is 0 Å². The molecule has 0 atom stereocenters. The first-order chi connectivity index (χ1) is 11.2. The van der Waals surface area contributed by atoms with Crippen molar-refractivity contribution in [3.63, 3.8) is 0 Å². The van der Waals surface area contributed by atoms with Crippen LogP contribution in [0.15, 0.2) is 53.4 Å². The summed E-state index contributed by atoms with van der Waals surface area (Å²) in [6.07, 6.45) is -4.74. The monoisotopic (exact) mass is 359 g/mol. The zero-order valence-electron chi connectivity index (χ0n) is 12.3. The third-order valence-corrected chi connectivity index (χ3v) is 4.48. The summed E-state index contributed by atoms with van der Waals surface area (Å²) in [5, 5.41) is 0. The van der Waals surface area contributed by atoms with Crippen LogP contribution in [0, 0.1) is 0 Å². The largest absolute Gasteiger partial charge is 0.465 e. The van der Waals surface area contributed by atoms with Crippen LogP contribution in [0.1, 0.15) is 15.9 Å². The molecule has 9 heteroatoms. The number of benzene rings is 2. The van der Waals surface area contributed by atoms with Gasteiger partial charge in [0.25, 0.3) is 10.0 Å². The van der Waals surface area contributed by atoms with E-state index in [-0.39, 0.29) is 5.56 Å². The predicted octanol–water partition coefficient (Wildman–Crippen LogP) is 3.29. The zero-order valence-corrected chi connectivity index (χ0v) is 13.1. The van der Waals surface area contributed by atoms with Gasteiger partial charge in [0.05, 0.1) is 23.9 Å². The maximum absolute atomic E-state index is 13.0. The molecule has 0 saturated carbocycles. The average molecular weight is 359 g/mol. The summed E-state index contributed by atoms with van der Waals surface area (Å²) in [4.78, 5) is 11.2. The van der Waals surface area contributed by atoms with Gasteiger partial charge in [0, 0.05) is 0 Å². The molecule has 0 aliphatic rings. The lowest BCUT2D eigenvalue weighted by molar-refractivity contribution is -0.136. The number of sulfonamides is 1. The van der Waals surface area contributed by atoms with E-state index in [4.69, 9.17) is 0 Å². The van der Waals surface area contributed by atoms with E-state index >= 15 is 0 Å². The summed E-state index contributed by atoms with van der Waals surface area (Å²) in [6, 6.07) is 9.21. The number of ether oxygens (including phenoxy) is 1. The number of carbonyl (C=O) groups is 1. The summed E-state index contributed by atoms with van der Waals surface area (Å²) < 4.78 is 70.2. The van der Waals surface area contributed by atoms with Crippen molar-refractivity contribution >= 4 is 21.7 Å². The SMILES string of the molecule is COC(=O)c1ccccc1S(=O)(=O)Nc1ccccc1C(F)(F)F. The Kier molecular flexibility index (Phi) is 4.83. The molecule has 0 bridgehead atoms. The van der Waals surface area contributed by atoms with E-state index < -0.39 is 38.3 Å². The molecule has 0 spiro atoms. The number of anilines is 1. The summed E-state index contributed by atoms with van der Waals surface area (Å²) in [5.41, 5.74) is -2.05. The maximum Gasteiger partial charge on any atom is 0.418 e. The van der Waals surface area contributed by atoms with Crippen LogP contribution in [0.2, 0.25) is 0 Å². The van der Waals surface area contributed by atoms with Crippen LogP contribution in [0.5, 0.6) is 0 Å². The minimum absolute atomic E-state index is 0.281. The molecular formula is C15H12F3NO4S. The lowest BCUT2D eigenvalue weighted by Crippen LogP contribution is -2.19. The number of halogens is 3. The minimum Gasteiger partial charge on any atom is -0.465 e. The zero-order chi connectivity index (χ0) is 18.0. The second kappa shape index (κ2) is 6.52. The van der Waals surface area contributed by atoms with Crippen LogP contribution in [0.3, 0.4) is 0 Å². The van der Waals surface area contributed by atoms with E-state index in [1.54, 1.807) is 0 Å². The molecule has 0 aromatic heterocycles. The van der Waals surface area contributed by atoms with Gasteiger partial charge in [-0.2, -0.15) is 13.2 Å². The van der Waals surface area contributed by atoms with E-state index in [9.17, 15) is 26.4 Å². The number of hydrogen-bond donors (Lipinski definition) is 1. The van der Waals surface area contributed by atoms with Gasteiger partial charge in [-0.15, -0.1) is 0 Å². The predicted molar refractivity (Wildman–Crippen MR) is 80.0 cm³/mol. The molecule has 0 amide bonds. The van der Waals surface area contributed by atoms with E-state index in [1.165, 1.54) is 24.3 Å². The standard InChI is InChI=1S/C15H12F3NO4S/c1-23-14(20)10-6-2-5-9-13(10)24(21,22)19-12-8-4-3-7-11(12)15(16,17)18/h2-9,19H,1H3. The lowest BCUT2D eigenvalue weighted by atomic mass is 10.2. The first kappa shape index (κ1) is 17.8. The topological polar surface area (TPSA) is 72.5 Å². The highest BCUT2D eigenvalue weighted by Gasteiger charge is 2.34. The molecule has 24 heavy (non-hydrogen) atoms. The average Bonchev–Trinajstić information content (AvgIpc) is 2.53. The number of hydrogen-bond acceptors (Lipinski definition) is 4. The van der Waals surface area contributed by atoms with Crippen molar-refractivity contribution < 1.29 is 31.1 Å². The molecule has 0 heterocycles. The van der Waals surface area contributed by atoms with Crippen LogP contribution in [-0.4, -0.2) is 21.5 Å². The lowest BCUT2D eigenvalue weighted by Gasteiger charge is -2.15. The van der Waals surface area contributed by atoms with E-state index in [0.717, 1.165) is 31.4 Å². The van der Waals surface area contributed by atoms with Gasteiger partial charge < -0.3 is 4.74 Å². The maximum atomic E-state index is 13.0. The summed E-state index contributed by atoms with van der Waals surface area (Å²) >= 11 is 0. The Bertz CT molecular complexity index is 863. The van der Waals surface area contributed by atoms with Crippen molar-refractivity contribution in [2.45, 2.75) is 11.1 Å². The number of nitrogens with one attached hydrogen (secondary N) is 1. The molecule has 2 rings (SSSR count). The minimum atomic E-state index is -4.74. The van der Waals surface area contributed by atoms with Gasteiger partial charge in [0.1, 0.15) is 4.90 Å². The van der Waals surface area contributed by atoms with Gasteiger partial charge >= 0.3 is 12.1 Å². The Hall–Kier alpha value is -2.55. The Morgan fingerprint density at radius 2 is 1.62 bits per heavy atom. The molecule has 0 aliphatic carbocycles. The highest BCUT2D eigenvalue weighted by Crippen LogP contribution is 2.35. The normalized spacial score (nSPS) is 11.8. The van der Waals surface area contributed by atoms with Gasteiger partial charge in [-0.3, -0.25) is 4.72 Å². The second-order valence-electron chi connectivity index (χ2n) is 4.64. The van der Waals surface area contributed by atoms with Gasteiger partial charge in [0.2, 0.25) is 0 Å². The van der Waals surface area contributed by atoms with E-state index in [1.807, 2.05) is 4.72 Å². The van der Waals surface area contributed by atoms with E-state index in [2.05, 4.69) is 4.74 Å². The van der Waals surface area contributed by atoms with Gasteiger partial charge in [-0.05, 0) is 24.3 Å². The molecule has 5 nitrogen and oxygen atoms in total. The fourth-order valence-electron chi connectivity index (χ4n) is 2.00. The smallest absolute Gasteiger partial charge is 0.418 e. The summed E-state index contributed by atoms with van der Waals surface area (Å²) in [6.45, 7) is 0. The second-order valence-corrected chi connectivity index (χ2v) is 6.29. The van der Waals surface area contributed by atoms with Crippen LogP contribution in [0.4, 0.5) is 18.9 Å². The third-order valence-electron chi connectivity index (χ3n) is 3.06. The van der Waals surface area contributed by atoms with E-state index in [0.29, 0.717) is 0 Å². The number of carbonyl (C=O) groups excluding carboxylic acids is 1. The molecule has 0 saturated heterocycles. The van der Waals surface area contributed by atoms with Crippen molar-refractivity contribution in [1.82, 2.24) is 0 Å². The van der Waals surface area contributed by atoms with Crippen LogP contribution < -0.4 is 4.72 Å². The Morgan fingerprint density at radius 3 is 2.25 bits per heavy atom. The molecule has 0 aliphatic heterocycles. The number of alkyl halides is 3. The number of rotatable bonds is 4. The van der Waals surface area contributed by atoms with Crippen molar-refractivity contribution in [3.05, 3.63) is 59.7 Å². The highest BCUT2D eigenvalue weighted by atomic mass is 32.2. The number of methoxy groups -OCH3 is 1. The Morgan fingerprint density at radius 1 is 1.04 bits per heavy atom. The molecule has 1 N–H and O–H groups in total.